The largest absolute Gasteiger partial charge is 0.465 e. The molecule has 1 atom stereocenters. The highest BCUT2D eigenvalue weighted by molar-refractivity contribution is 6.36. The molecule has 0 bridgehead atoms. The van der Waals surface area contributed by atoms with E-state index in [0.29, 0.717) is 19.6 Å². The van der Waals surface area contributed by atoms with Crippen molar-refractivity contribution in [2.75, 3.05) is 19.7 Å². The molecule has 1 amide bonds. The van der Waals surface area contributed by atoms with Crippen molar-refractivity contribution >= 4 is 17.7 Å². The Morgan fingerprint density at radius 3 is 2.25 bits per heavy atom. The van der Waals surface area contributed by atoms with E-state index in [1.807, 2.05) is 48.5 Å². The van der Waals surface area contributed by atoms with Crippen LogP contribution in [0.15, 0.2) is 60.7 Å². The van der Waals surface area contributed by atoms with Crippen molar-refractivity contribution in [3.8, 4) is 0 Å². The Morgan fingerprint density at radius 1 is 0.929 bits per heavy atom. The third kappa shape index (κ3) is 5.52. The molecule has 1 aliphatic rings. The van der Waals surface area contributed by atoms with Crippen LogP contribution >= 0.6 is 0 Å². The van der Waals surface area contributed by atoms with E-state index in [-0.39, 0.29) is 24.9 Å². The molecule has 0 N–H and O–H groups in total. The summed E-state index contributed by atoms with van der Waals surface area (Å²) in [6, 6.07) is 19.3. The maximum absolute atomic E-state index is 12.4. The maximum Gasteiger partial charge on any atom is 0.310 e. The number of Topliss-reactive ketones (excluding diaryl/α,β-unsaturated/α-hetero) is 1. The number of rotatable bonds is 8. The van der Waals surface area contributed by atoms with Crippen molar-refractivity contribution < 1.29 is 19.1 Å². The van der Waals surface area contributed by atoms with Gasteiger partial charge in [0.15, 0.2) is 0 Å². The Labute approximate surface area is 165 Å². The summed E-state index contributed by atoms with van der Waals surface area (Å²) < 4.78 is 5.37. The SMILES string of the molecule is O=C(Cc1ccccc1)C(=O)N1CCC(C(=O)OCCCc2ccccc2)C1. The molecular weight excluding hydrogens is 354 g/mol. The van der Waals surface area contributed by atoms with Gasteiger partial charge in [0.1, 0.15) is 0 Å². The number of aryl methyl sites for hydroxylation is 1. The molecule has 0 aliphatic carbocycles. The molecule has 0 aromatic heterocycles. The molecule has 146 valence electrons. The first-order valence-electron chi connectivity index (χ1n) is 9.70. The molecule has 0 spiro atoms. The summed E-state index contributed by atoms with van der Waals surface area (Å²) in [5.41, 5.74) is 2.03. The number of esters is 1. The summed E-state index contributed by atoms with van der Waals surface area (Å²) in [6.45, 7) is 1.05. The minimum atomic E-state index is -0.511. The van der Waals surface area contributed by atoms with E-state index >= 15 is 0 Å². The maximum atomic E-state index is 12.4. The van der Waals surface area contributed by atoms with Gasteiger partial charge in [0.05, 0.1) is 12.5 Å². The van der Waals surface area contributed by atoms with Crippen LogP contribution in [0.25, 0.3) is 0 Å². The second-order valence-electron chi connectivity index (χ2n) is 7.08. The molecule has 1 unspecified atom stereocenters. The number of nitrogens with zero attached hydrogens (tertiary/aromatic N) is 1. The standard InChI is InChI=1S/C23H25NO4/c25-21(16-19-10-5-2-6-11-19)22(26)24-14-13-20(17-24)23(27)28-15-7-12-18-8-3-1-4-9-18/h1-6,8-11,20H,7,12-17H2. The Hall–Kier alpha value is -2.95. The molecule has 2 aromatic rings. The molecule has 1 saturated heterocycles. The molecular formula is C23H25NO4. The van der Waals surface area contributed by atoms with Crippen LogP contribution in [0.1, 0.15) is 24.0 Å². The van der Waals surface area contributed by atoms with Gasteiger partial charge in [-0.1, -0.05) is 60.7 Å². The van der Waals surface area contributed by atoms with Gasteiger partial charge < -0.3 is 9.64 Å². The first-order chi connectivity index (χ1) is 13.6. The zero-order valence-corrected chi connectivity index (χ0v) is 15.9. The van der Waals surface area contributed by atoms with Gasteiger partial charge >= 0.3 is 5.97 Å². The first-order valence-corrected chi connectivity index (χ1v) is 9.70. The first kappa shape index (κ1) is 19.8. The number of benzene rings is 2. The monoisotopic (exact) mass is 379 g/mol. The van der Waals surface area contributed by atoms with E-state index in [1.165, 1.54) is 10.5 Å². The quantitative estimate of drug-likeness (QED) is 0.402. The van der Waals surface area contributed by atoms with Crippen molar-refractivity contribution in [2.24, 2.45) is 5.92 Å². The van der Waals surface area contributed by atoms with E-state index in [1.54, 1.807) is 0 Å². The van der Waals surface area contributed by atoms with Gasteiger partial charge in [-0.2, -0.15) is 0 Å². The molecule has 1 heterocycles. The molecule has 3 rings (SSSR count). The summed E-state index contributed by atoms with van der Waals surface area (Å²) in [5, 5.41) is 0. The molecule has 0 saturated carbocycles. The lowest BCUT2D eigenvalue weighted by atomic mass is 10.1. The number of hydrogen-bond donors (Lipinski definition) is 0. The van der Waals surface area contributed by atoms with Crippen molar-refractivity contribution in [2.45, 2.75) is 25.7 Å². The van der Waals surface area contributed by atoms with Crippen molar-refractivity contribution in [1.29, 1.82) is 0 Å². The lowest BCUT2D eigenvalue weighted by Gasteiger charge is -2.15. The van der Waals surface area contributed by atoms with Crippen LogP contribution in [0.3, 0.4) is 0 Å². The fourth-order valence-electron chi connectivity index (χ4n) is 3.38. The Kier molecular flexibility index (Phi) is 6.95. The number of amides is 1. The predicted octanol–water partition coefficient (Wildman–Crippen LogP) is 2.82. The second-order valence-corrected chi connectivity index (χ2v) is 7.08. The average Bonchev–Trinajstić information content (AvgIpc) is 3.22. The third-order valence-corrected chi connectivity index (χ3v) is 4.95. The highest BCUT2D eigenvalue weighted by Gasteiger charge is 2.34. The number of likely N-dealkylation sites (tertiary alicyclic amines) is 1. The van der Waals surface area contributed by atoms with E-state index in [0.717, 1.165) is 18.4 Å². The Balaban J connectivity index is 1.39. The lowest BCUT2D eigenvalue weighted by Crippen LogP contribution is -2.36. The summed E-state index contributed by atoms with van der Waals surface area (Å²) in [5.74, 6) is -1.57. The summed E-state index contributed by atoms with van der Waals surface area (Å²) in [7, 11) is 0. The molecule has 1 aliphatic heterocycles. The van der Waals surface area contributed by atoms with Crippen molar-refractivity contribution in [3.05, 3.63) is 71.8 Å². The van der Waals surface area contributed by atoms with Gasteiger partial charge in [-0.3, -0.25) is 14.4 Å². The second kappa shape index (κ2) is 9.83. The molecule has 0 radical (unpaired) electrons. The van der Waals surface area contributed by atoms with Gasteiger partial charge in [-0.15, -0.1) is 0 Å². The smallest absolute Gasteiger partial charge is 0.310 e. The van der Waals surface area contributed by atoms with Gasteiger partial charge in [0.25, 0.3) is 5.91 Å². The van der Waals surface area contributed by atoms with Crippen LogP contribution in [0.4, 0.5) is 0 Å². The van der Waals surface area contributed by atoms with Crippen LogP contribution < -0.4 is 0 Å². The molecule has 5 nitrogen and oxygen atoms in total. The van der Waals surface area contributed by atoms with E-state index < -0.39 is 11.7 Å². The van der Waals surface area contributed by atoms with Gasteiger partial charge in [-0.05, 0) is 30.4 Å². The highest BCUT2D eigenvalue weighted by Crippen LogP contribution is 2.19. The van der Waals surface area contributed by atoms with Gasteiger partial charge in [-0.25, -0.2) is 0 Å². The molecule has 28 heavy (non-hydrogen) atoms. The highest BCUT2D eigenvalue weighted by atomic mass is 16.5. The number of carbonyl (C=O) groups is 3. The van der Waals surface area contributed by atoms with Crippen LogP contribution in [-0.4, -0.2) is 42.3 Å². The zero-order valence-electron chi connectivity index (χ0n) is 15.9. The number of hydrogen-bond acceptors (Lipinski definition) is 4. The normalized spacial score (nSPS) is 16.0. The summed E-state index contributed by atoms with van der Waals surface area (Å²) in [6.07, 6.45) is 2.25. The lowest BCUT2D eigenvalue weighted by molar-refractivity contribution is -0.149. The Morgan fingerprint density at radius 2 is 1.57 bits per heavy atom. The minimum absolute atomic E-state index is 0.0881. The molecule has 2 aromatic carbocycles. The zero-order chi connectivity index (χ0) is 19.8. The van der Waals surface area contributed by atoms with E-state index in [4.69, 9.17) is 4.74 Å². The van der Waals surface area contributed by atoms with Crippen LogP contribution in [0.2, 0.25) is 0 Å². The summed E-state index contributed by atoms with van der Waals surface area (Å²) >= 11 is 0. The van der Waals surface area contributed by atoms with E-state index in [2.05, 4.69) is 12.1 Å². The van der Waals surface area contributed by atoms with Crippen LogP contribution in [0, 0.1) is 5.92 Å². The third-order valence-electron chi connectivity index (χ3n) is 4.95. The molecule has 1 fully saturated rings. The average molecular weight is 379 g/mol. The molecule has 5 heteroatoms. The fourth-order valence-corrected chi connectivity index (χ4v) is 3.38. The van der Waals surface area contributed by atoms with Crippen molar-refractivity contribution in [1.82, 2.24) is 4.90 Å². The minimum Gasteiger partial charge on any atom is -0.465 e. The fraction of sp³-hybridized carbons (Fsp3) is 0.348. The van der Waals surface area contributed by atoms with E-state index in [9.17, 15) is 14.4 Å². The van der Waals surface area contributed by atoms with Crippen LogP contribution in [-0.2, 0) is 32.0 Å². The topological polar surface area (TPSA) is 63.7 Å². The van der Waals surface area contributed by atoms with Gasteiger partial charge in [0.2, 0.25) is 5.78 Å². The number of ether oxygens (including phenoxy) is 1. The predicted molar refractivity (Wildman–Crippen MR) is 106 cm³/mol. The Bertz CT molecular complexity index is 804. The summed E-state index contributed by atoms with van der Waals surface area (Å²) in [4.78, 5) is 38.3. The van der Waals surface area contributed by atoms with Gasteiger partial charge in [0, 0.05) is 19.5 Å². The number of carbonyl (C=O) groups excluding carboxylic acids is 3. The van der Waals surface area contributed by atoms with Crippen molar-refractivity contribution in [3.63, 3.8) is 0 Å². The van der Waals surface area contributed by atoms with Crippen LogP contribution in [0.5, 0.6) is 0 Å². The number of ketones is 1.